The highest BCUT2D eigenvalue weighted by molar-refractivity contribution is 5.56. The maximum Gasteiger partial charge on any atom is 0.151 e. The van der Waals surface area contributed by atoms with E-state index in [1.54, 1.807) is 0 Å². The molecule has 0 saturated heterocycles. The van der Waals surface area contributed by atoms with Gasteiger partial charge in [0.2, 0.25) is 0 Å². The lowest BCUT2D eigenvalue weighted by molar-refractivity contribution is -0.137. The van der Waals surface area contributed by atoms with Gasteiger partial charge in [-0.15, -0.1) is 0 Å². The number of hydrogen-bond donors (Lipinski definition) is 4. The molecular formula is C7H14O6. The molecule has 0 saturated carbocycles. The van der Waals surface area contributed by atoms with E-state index in [2.05, 4.69) is 4.74 Å². The minimum absolute atomic E-state index is 0.0768. The van der Waals surface area contributed by atoms with Gasteiger partial charge < -0.3 is 30.0 Å². The Bertz CT molecular complexity index is 150. The predicted octanol–water partition coefficient (Wildman–Crippen LogP) is -2.72. The van der Waals surface area contributed by atoms with E-state index in [9.17, 15) is 4.79 Å². The van der Waals surface area contributed by atoms with E-state index >= 15 is 0 Å². The van der Waals surface area contributed by atoms with Crippen LogP contribution in [0.25, 0.3) is 0 Å². The number of aliphatic hydroxyl groups is 4. The first-order chi connectivity index (χ1) is 6.04. The van der Waals surface area contributed by atoms with Gasteiger partial charge in [0, 0.05) is 7.11 Å². The molecule has 0 heterocycles. The second kappa shape index (κ2) is 6.01. The number of carbonyl (C=O) groups is 1. The van der Waals surface area contributed by atoms with Crippen LogP contribution in [0.15, 0.2) is 0 Å². The van der Waals surface area contributed by atoms with Crippen molar-refractivity contribution < 1.29 is 30.0 Å². The van der Waals surface area contributed by atoms with Crippen molar-refractivity contribution in [2.24, 2.45) is 0 Å². The number of ether oxygens (including phenoxy) is 1. The lowest BCUT2D eigenvalue weighted by atomic mass is 10.0. The van der Waals surface area contributed by atoms with Crippen LogP contribution in [0, 0.1) is 0 Å². The molecule has 0 amide bonds. The Kier molecular flexibility index (Phi) is 5.76. The van der Waals surface area contributed by atoms with Crippen molar-refractivity contribution in [2.45, 2.75) is 24.4 Å². The molecule has 13 heavy (non-hydrogen) atoms. The highest BCUT2D eigenvalue weighted by Crippen LogP contribution is 2.03. The van der Waals surface area contributed by atoms with E-state index in [4.69, 9.17) is 20.4 Å². The third kappa shape index (κ3) is 3.79. The zero-order valence-corrected chi connectivity index (χ0v) is 7.20. The Balaban J connectivity index is 4.06. The van der Waals surface area contributed by atoms with Gasteiger partial charge in [-0.25, -0.2) is 0 Å². The summed E-state index contributed by atoms with van der Waals surface area (Å²) in [4.78, 5) is 10.00. The van der Waals surface area contributed by atoms with Crippen LogP contribution in [-0.2, 0) is 9.53 Å². The standard InChI is InChI=1S/C7H14O6/c1-13-3-5(10)7(12)6(11)4(9)2-8/h2,4-7,9-12H,3H2,1H3/t4-,5+,6+,7+/m0/s1. The fraction of sp³-hybridized carbons (Fsp3) is 0.857. The van der Waals surface area contributed by atoms with Crippen LogP contribution in [0.2, 0.25) is 0 Å². The molecule has 0 bridgehead atoms. The van der Waals surface area contributed by atoms with Gasteiger partial charge in [0.25, 0.3) is 0 Å². The van der Waals surface area contributed by atoms with Crippen molar-refractivity contribution in [3.8, 4) is 0 Å². The largest absolute Gasteiger partial charge is 0.388 e. The summed E-state index contributed by atoms with van der Waals surface area (Å²) in [5.74, 6) is 0. The number of rotatable bonds is 6. The van der Waals surface area contributed by atoms with Gasteiger partial charge in [-0.3, -0.25) is 0 Å². The van der Waals surface area contributed by atoms with Crippen LogP contribution < -0.4 is 0 Å². The molecule has 0 radical (unpaired) electrons. The number of carbonyl (C=O) groups excluding carboxylic acids is 1. The van der Waals surface area contributed by atoms with Crippen molar-refractivity contribution in [3.05, 3.63) is 0 Å². The van der Waals surface area contributed by atoms with Gasteiger partial charge in [-0.2, -0.15) is 0 Å². The number of hydrogen-bond acceptors (Lipinski definition) is 6. The van der Waals surface area contributed by atoms with Gasteiger partial charge in [0.1, 0.15) is 24.4 Å². The summed E-state index contributed by atoms with van der Waals surface area (Å²) in [6.07, 6.45) is -6.29. The van der Waals surface area contributed by atoms with Gasteiger partial charge in [-0.1, -0.05) is 0 Å². The van der Waals surface area contributed by atoms with Crippen molar-refractivity contribution in [2.75, 3.05) is 13.7 Å². The SMILES string of the molecule is COC[C@@H](O)[C@@H](O)[C@H](O)[C@@H](O)C=O. The van der Waals surface area contributed by atoms with Crippen molar-refractivity contribution in [3.63, 3.8) is 0 Å². The summed E-state index contributed by atoms with van der Waals surface area (Å²) in [6, 6.07) is 0. The summed E-state index contributed by atoms with van der Waals surface area (Å²) in [7, 11) is 1.30. The second-order valence-corrected chi connectivity index (χ2v) is 2.63. The minimum Gasteiger partial charge on any atom is -0.388 e. The Morgan fingerprint density at radius 3 is 2.15 bits per heavy atom. The van der Waals surface area contributed by atoms with Crippen LogP contribution in [0.4, 0.5) is 0 Å². The topological polar surface area (TPSA) is 107 Å². The van der Waals surface area contributed by atoms with Crippen molar-refractivity contribution in [1.29, 1.82) is 0 Å². The zero-order chi connectivity index (χ0) is 10.4. The van der Waals surface area contributed by atoms with E-state index in [0.29, 0.717) is 0 Å². The van der Waals surface area contributed by atoms with Crippen LogP contribution >= 0.6 is 0 Å². The smallest absolute Gasteiger partial charge is 0.151 e. The molecule has 78 valence electrons. The molecule has 0 rings (SSSR count). The number of methoxy groups -OCH3 is 1. The average molecular weight is 194 g/mol. The molecule has 4 atom stereocenters. The fourth-order valence-electron chi connectivity index (χ4n) is 0.779. The third-order valence-electron chi connectivity index (χ3n) is 1.57. The third-order valence-corrected chi connectivity index (χ3v) is 1.57. The first kappa shape index (κ1) is 12.5. The molecule has 0 aliphatic rings. The zero-order valence-electron chi connectivity index (χ0n) is 7.20. The Morgan fingerprint density at radius 1 is 1.23 bits per heavy atom. The van der Waals surface area contributed by atoms with Crippen molar-refractivity contribution >= 4 is 6.29 Å². The van der Waals surface area contributed by atoms with Crippen LogP contribution in [0.1, 0.15) is 0 Å². The Hall–Kier alpha value is -0.530. The van der Waals surface area contributed by atoms with E-state index in [0.717, 1.165) is 0 Å². The van der Waals surface area contributed by atoms with Gasteiger partial charge in [-0.05, 0) is 0 Å². The van der Waals surface area contributed by atoms with Crippen LogP contribution in [0.3, 0.4) is 0 Å². The molecule has 0 aliphatic heterocycles. The Morgan fingerprint density at radius 2 is 1.77 bits per heavy atom. The molecule has 0 aromatic rings. The Labute approximate surface area is 75.4 Å². The average Bonchev–Trinajstić information content (AvgIpc) is 2.14. The second-order valence-electron chi connectivity index (χ2n) is 2.63. The molecule has 4 N–H and O–H groups in total. The normalized spacial score (nSPS) is 20.4. The van der Waals surface area contributed by atoms with E-state index in [-0.39, 0.29) is 12.9 Å². The molecular weight excluding hydrogens is 180 g/mol. The lowest BCUT2D eigenvalue weighted by Gasteiger charge is -2.23. The molecule has 0 aliphatic carbocycles. The molecule has 6 nitrogen and oxygen atoms in total. The fourth-order valence-corrected chi connectivity index (χ4v) is 0.779. The quantitative estimate of drug-likeness (QED) is 0.342. The highest BCUT2D eigenvalue weighted by Gasteiger charge is 2.29. The maximum atomic E-state index is 10.00. The van der Waals surface area contributed by atoms with Gasteiger partial charge in [0.15, 0.2) is 6.29 Å². The first-order valence-corrected chi connectivity index (χ1v) is 3.71. The number of aldehydes is 1. The maximum absolute atomic E-state index is 10.00. The first-order valence-electron chi connectivity index (χ1n) is 3.71. The summed E-state index contributed by atoms with van der Waals surface area (Å²) < 4.78 is 4.50. The summed E-state index contributed by atoms with van der Waals surface area (Å²) >= 11 is 0. The van der Waals surface area contributed by atoms with Crippen LogP contribution in [-0.4, -0.2) is 64.8 Å². The predicted molar refractivity (Wildman–Crippen MR) is 42.0 cm³/mol. The van der Waals surface area contributed by atoms with Crippen LogP contribution in [0.5, 0.6) is 0 Å². The molecule has 0 aromatic heterocycles. The van der Waals surface area contributed by atoms with Gasteiger partial charge in [0.05, 0.1) is 6.61 Å². The molecule has 6 heteroatoms. The minimum atomic E-state index is -1.71. The summed E-state index contributed by atoms with van der Waals surface area (Å²) in [5.41, 5.74) is 0. The van der Waals surface area contributed by atoms with E-state index in [1.165, 1.54) is 7.11 Å². The molecule has 0 aromatic carbocycles. The lowest BCUT2D eigenvalue weighted by Crippen LogP contribution is -2.46. The van der Waals surface area contributed by atoms with E-state index < -0.39 is 24.4 Å². The number of aliphatic hydroxyl groups excluding tert-OH is 4. The molecule has 0 fully saturated rings. The monoisotopic (exact) mass is 194 g/mol. The van der Waals surface area contributed by atoms with E-state index in [1.807, 2.05) is 0 Å². The van der Waals surface area contributed by atoms with Gasteiger partial charge >= 0.3 is 0 Å². The summed E-state index contributed by atoms with van der Waals surface area (Å²) in [5, 5.41) is 36.0. The highest BCUT2D eigenvalue weighted by atomic mass is 16.5. The summed E-state index contributed by atoms with van der Waals surface area (Å²) in [6.45, 7) is -0.191. The van der Waals surface area contributed by atoms with Crippen molar-refractivity contribution in [1.82, 2.24) is 0 Å². The molecule has 0 unspecified atom stereocenters. The molecule has 0 spiro atoms.